The van der Waals surface area contributed by atoms with Crippen molar-refractivity contribution in [3.05, 3.63) is 103 Å². The third-order valence-corrected chi connectivity index (χ3v) is 5.96. The van der Waals surface area contributed by atoms with Gasteiger partial charge >= 0.3 is 0 Å². The van der Waals surface area contributed by atoms with Gasteiger partial charge in [-0.05, 0) is 72.9 Å². The fraction of sp³-hybridized carbons (Fsp3) is 0.120. The summed E-state index contributed by atoms with van der Waals surface area (Å²) in [5, 5.41) is 13.8. The fourth-order valence-corrected chi connectivity index (χ4v) is 4.52. The van der Waals surface area contributed by atoms with Crippen molar-refractivity contribution >= 4 is 23.0 Å². The van der Waals surface area contributed by atoms with Crippen molar-refractivity contribution in [2.75, 3.05) is 12.0 Å². The highest BCUT2D eigenvalue weighted by Gasteiger charge is 2.42. The first-order chi connectivity index (χ1) is 15.7. The maximum absolute atomic E-state index is 9.74. The molecule has 0 spiro atoms. The summed E-state index contributed by atoms with van der Waals surface area (Å²) in [7, 11) is 1.66. The molecule has 0 amide bonds. The Bertz CT molecular complexity index is 1240. The molecule has 6 nitrogen and oxygen atoms in total. The highest BCUT2D eigenvalue weighted by Crippen LogP contribution is 2.42. The van der Waals surface area contributed by atoms with Crippen LogP contribution in [0.1, 0.15) is 23.5 Å². The second-order valence-corrected chi connectivity index (χ2v) is 7.90. The molecule has 7 heteroatoms. The number of nitrogens with one attached hydrogen (secondary N) is 1. The number of phenolic OH excluding ortho intramolecular Hbond substituents is 1. The first-order valence-electron chi connectivity index (χ1n) is 10.3. The Balaban J connectivity index is 1.66. The number of thiocarbonyl (C=S) groups is 1. The number of benzene rings is 2. The van der Waals surface area contributed by atoms with E-state index in [0.29, 0.717) is 5.11 Å². The molecule has 0 aliphatic carbocycles. The molecule has 4 aromatic rings. The van der Waals surface area contributed by atoms with Crippen LogP contribution < -0.4 is 15.0 Å². The molecule has 1 aliphatic rings. The first kappa shape index (κ1) is 20.1. The SMILES string of the molecule is COc1cccc(N2C(=S)N[C@@H](c3ccccn3)[C@H]2c2cccn2-c2ccc(O)cc2)c1. The molecule has 1 fully saturated rings. The van der Waals surface area contributed by atoms with Crippen LogP contribution >= 0.6 is 12.2 Å². The highest BCUT2D eigenvalue weighted by molar-refractivity contribution is 7.80. The van der Waals surface area contributed by atoms with Gasteiger partial charge in [0.25, 0.3) is 0 Å². The Hall–Kier alpha value is -3.84. The van der Waals surface area contributed by atoms with E-state index >= 15 is 0 Å². The Morgan fingerprint density at radius 2 is 1.81 bits per heavy atom. The van der Waals surface area contributed by atoms with Crippen LogP contribution in [0.2, 0.25) is 0 Å². The van der Waals surface area contributed by atoms with Crippen molar-refractivity contribution in [3.8, 4) is 17.2 Å². The van der Waals surface area contributed by atoms with Gasteiger partial charge in [0, 0.05) is 35.5 Å². The monoisotopic (exact) mass is 442 g/mol. The molecule has 0 bridgehead atoms. The lowest BCUT2D eigenvalue weighted by Crippen LogP contribution is -2.30. The van der Waals surface area contributed by atoms with Gasteiger partial charge in [-0.3, -0.25) is 4.98 Å². The van der Waals surface area contributed by atoms with Gasteiger partial charge in [-0.15, -0.1) is 0 Å². The number of rotatable bonds is 5. The summed E-state index contributed by atoms with van der Waals surface area (Å²) >= 11 is 5.81. The summed E-state index contributed by atoms with van der Waals surface area (Å²) in [6.07, 6.45) is 3.81. The van der Waals surface area contributed by atoms with Crippen molar-refractivity contribution in [3.63, 3.8) is 0 Å². The van der Waals surface area contributed by atoms with E-state index in [-0.39, 0.29) is 17.8 Å². The van der Waals surface area contributed by atoms with E-state index in [9.17, 15) is 5.11 Å². The summed E-state index contributed by atoms with van der Waals surface area (Å²) in [6, 6.07) is 24.7. The number of pyridine rings is 1. The smallest absolute Gasteiger partial charge is 0.174 e. The van der Waals surface area contributed by atoms with E-state index in [1.165, 1.54) is 0 Å². The summed E-state index contributed by atoms with van der Waals surface area (Å²) < 4.78 is 7.57. The molecule has 5 rings (SSSR count). The number of hydrogen-bond acceptors (Lipinski definition) is 4. The van der Waals surface area contributed by atoms with Gasteiger partial charge < -0.3 is 24.6 Å². The molecule has 2 atom stereocenters. The van der Waals surface area contributed by atoms with E-state index in [2.05, 4.69) is 25.8 Å². The van der Waals surface area contributed by atoms with Crippen LogP contribution in [0.3, 0.4) is 0 Å². The van der Waals surface area contributed by atoms with E-state index in [1.54, 1.807) is 25.4 Å². The first-order valence-corrected chi connectivity index (χ1v) is 10.7. The average molecular weight is 443 g/mol. The molecule has 0 unspecified atom stereocenters. The zero-order valence-corrected chi connectivity index (χ0v) is 18.2. The average Bonchev–Trinajstić information content (AvgIpc) is 3.44. The predicted octanol–water partition coefficient (Wildman–Crippen LogP) is 4.76. The van der Waals surface area contributed by atoms with Crippen LogP contribution in [0.5, 0.6) is 11.5 Å². The molecule has 2 aromatic carbocycles. The van der Waals surface area contributed by atoms with Gasteiger partial charge in [-0.25, -0.2) is 0 Å². The van der Waals surface area contributed by atoms with Gasteiger partial charge in [0.2, 0.25) is 0 Å². The number of ether oxygens (including phenoxy) is 1. The Morgan fingerprint density at radius 1 is 0.969 bits per heavy atom. The summed E-state index contributed by atoms with van der Waals surface area (Å²) in [4.78, 5) is 6.73. The lowest BCUT2D eigenvalue weighted by atomic mass is 10.0. The molecular formula is C25H22N4O2S. The zero-order valence-electron chi connectivity index (χ0n) is 17.4. The summed E-state index contributed by atoms with van der Waals surface area (Å²) in [5.74, 6) is 0.995. The number of nitrogens with zero attached hydrogens (tertiary/aromatic N) is 3. The maximum Gasteiger partial charge on any atom is 0.174 e. The third-order valence-electron chi connectivity index (χ3n) is 5.64. The van der Waals surface area contributed by atoms with Crippen molar-refractivity contribution < 1.29 is 9.84 Å². The number of hydrogen-bond donors (Lipinski definition) is 2. The zero-order chi connectivity index (χ0) is 22.1. The van der Waals surface area contributed by atoms with Crippen LogP contribution in [-0.2, 0) is 0 Å². The van der Waals surface area contributed by atoms with Crippen molar-refractivity contribution in [1.29, 1.82) is 0 Å². The molecule has 2 aromatic heterocycles. The molecule has 2 N–H and O–H groups in total. The number of anilines is 1. The minimum absolute atomic E-state index is 0.152. The van der Waals surface area contributed by atoms with Crippen molar-refractivity contribution in [2.45, 2.75) is 12.1 Å². The fourth-order valence-electron chi connectivity index (χ4n) is 4.18. The molecule has 0 radical (unpaired) electrons. The molecule has 160 valence electrons. The number of aromatic nitrogens is 2. The van der Waals surface area contributed by atoms with Crippen LogP contribution in [0.25, 0.3) is 5.69 Å². The quantitative estimate of drug-likeness (QED) is 0.435. The maximum atomic E-state index is 9.74. The number of methoxy groups -OCH3 is 1. The Kier molecular flexibility index (Phi) is 5.25. The molecule has 32 heavy (non-hydrogen) atoms. The Morgan fingerprint density at radius 3 is 2.56 bits per heavy atom. The number of phenols is 1. The van der Waals surface area contributed by atoms with Crippen molar-refractivity contribution in [2.24, 2.45) is 0 Å². The lowest BCUT2D eigenvalue weighted by Gasteiger charge is -2.29. The van der Waals surface area contributed by atoms with Crippen LogP contribution in [0, 0.1) is 0 Å². The lowest BCUT2D eigenvalue weighted by molar-refractivity contribution is 0.414. The third kappa shape index (κ3) is 3.56. The normalized spacial score (nSPS) is 17.9. The Labute approximate surface area is 191 Å². The molecular weight excluding hydrogens is 420 g/mol. The summed E-state index contributed by atoms with van der Waals surface area (Å²) in [5.41, 5.74) is 3.83. The largest absolute Gasteiger partial charge is 0.508 e. The van der Waals surface area contributed by atoms with Gasteiger partial charge in [-0.2, -0.15) is 0 Å². The topological polar surface area (TPSA) is 62.5 Å². The second kappa shape index (κ2) is 8.36. The van der Waals surface area contributed by atoms with Crippen LogP contribution in [-0.4, -0.2) is 26.9 Å². The van der Waals surface area contributed by atoms with Crippen molar-refractivity contribution in [1.82, 2.24) is 14.9 Å². The highest BCUT2D eigenvalue weighted by atomic mass is 32.1. The van der Waals surface area contributed by atoms with E-state index in [0.717, 1.165) is 28.5 Å². The molecule has 1 saturated heterocycles. The standard InChI is InChI=1S/C25H22N4O2S/c1-31-20-7-4-6-18(16-20)29-24(23(27-25(29)32)21-8-2-3-14-26-21)22-9-5-15-28(22)17-10-12-19(30)13-11-17/h2-16,23-24,30H,1H3,(H,27,32)/t23-,24+/m0/s1. The van der Waals surface area contributed by atoms with Gasteiger partial charge in [0.15, 0.2) is 5.11 Å². The van der Waals surface area contributed by atoms with Gasteiger partial charge in [0.05, 0.1) is 18.8 Å². The van der Waals surface area contributed by atoms with Crippen LogP contribution in [0.15, 0.2) is 91.3 Å². The number of aromatic hydroxyl groups is 1. The van der Waals surface area contributed by atoms with Gasteiger partial charge in [-0.1, -0.05) is 12.1 Å². The molecule has 0 saturated carbocycles. The molecule has 1 aliphatic heterocycles. The summed E-state index contributed by atoms with van der Waals surface area (Å²) in [6.45, 7) is 0. The minimum atomic E-state index is -0.159. The van der Waals surface area contributed by atoms with Crippen LogP contribution in [0.4, 0.5) is 5.69 Å². The van der Waals surface area contributed by atoms with E-state index in [4.69, 9.17) is 17.0 Å². The van der Waals surface area contributed by atoms with E-state index < -0.39 is 0 Å². The van der Waals surface area contributed by atoms with E-state index in [1.807, 2.05) is 66.9 Å². The predicted molar refractivity (Wildman–Crippen MR) is 128 cm³/mol. The van der Waals surface area contributed by atoms with Gasteiger partial charge in [0.1, 0.15) is 17.5 Å². The molecule has 3 heterocycles. The minimum Gasteiger partial charge on any atom is -0.508 e. The second-order valence-electron chi connectivity index (χ2n) is 7.52.